The van der Waals surface area contributed by atoms with Crippen molar-refractivity contribution in [1.82, 2.24) is 9.62 Å². The number of phenolic OH excluding ortho intramolecular Hbond substituents is 1. The molecule has 1 aliphatic rings. The van der Waals surface area contributed by atoms with Gasteiger partial charge in [0.1, 0.15) is 10.6 Å². The van der Waals surface area contributed by atoms with E-state index in [0.717, 1.165) is 0 Å². The van der Waals surface area contributed by atoms with Crippen LogP contribution in [0.15, 0.2) is 29.2 Å². The topological polar surface area (TPSA) is 86.7 Å². The average Bonchev–Trinajstić information content (AvgIpc) is 2.39. The monoisotopic (exact) mass is 298 g/mol. The number of para-hydroxylation sites is 1. The third-order valence-corrected chi connectivity index (χ3v) is 5.29. The van der Waals surface area contributed by atoms with Crippen LogP contribution < -0.4 is 5.32 Å². The molecule has 0 bridgehead atoms. The van der Waals surface area contributed by atoms with E-state index in [1.165, 1.54) is 23.4 Å². The van der Waals surface area contributed by atoms with Crippen LogP contribution in [0.3, 0.4) is 0 Å². The number of aromatic hydroxyl groups is 1. The Hall–Kier alpha value is -1.60. The molecule has 20 heavy (non-hydrogen) atoms. The molecule has 2 rings (SSSR count). The number of hydrogen-bond acceptors (Lipinski definition) is 4. The molecule has 1 amide bonds. The molecule has 0 radical (unpaired) electrons. The predicted molar refractivity (Wildman–Crippen MR) is 73.7 cm³/mol. The third-order valence-electron chi connectivity index (χ3n) is 3.34. The zero-order valence-corrected chi connectivity index (χ0v) is 12.1. The summed E-state index contributed by atoms with van der Waals surface area (Å²) >= 11 is 0. The van der Waals surface area contributed by atoms with Gasteiger partial charge in [0.15, 0.2) is 0 Å². The molecular formula is C13H18N2O4S. The second kappa shape index (κ2) is 5.80. The molecule has 1 aromatic carbocycles. The third kappa shape index (κ3) is 3.10. The Morgan fingerprint density at radius 2 is 1.90 bits per heavy atom. The lowest BCUT2D eigenvalue weighted by Gasteiger charge is -2.31. The highest BCUT2D eigenvalue weighted by Gasteiger charge is 2.31. The Morgan fingerprint density at radius 3 is 2.45 bits per heavy atom. The predicted octanol–water partition coefficient (Wildman–Crippen LogP) is 0.681. The van der Waals surface area contributed by atoms with E-state index in [9.17, 15) is 18.3 Å². The Morgan fingerprint density at radius 1 is 1.30 bits per heavy atom. The molecule has 0 unspecified atom stereocenters. The van der Waals surface area contributed by atoms with Crippen molar-refractivity contribution in [2.24, 2.45) is 0 Å². The summed E-state index contributed by atoms with van der Waals surface area (Å²) in [4.78, 5) is 10.9. The van der Waals surface area contributed by atoms with Gasteiger partial charge in [0.05, 0.1) is 0 Å². The van der Waals surface area contributed by atoms with Crippen molar-refractivity contribution in [3.05, 3.63) is 24.3 Å². The van der Waals surface area contributed by atoms with Gasteiger partial charge in [0, 0.05) is 26.1 Å². The zero-order valence-electron chi connectivity index (χ0n) is 11.2. The van der Waals surface area contributed by atoms with E-state index < -0.39 is 10.0 Å². The van der Waals surface area contributed by atoms with E-state index in [-0.39, 0.29) is 22.6 Å². The molecule has 6 nitrogen and oxygen atoms in total. The molecule has 7 heteroatoms. The molecule has 0 saturated carbocycles. The Balaban J connectivity index is 2.10. The van der Waals surface area contributed by atoms with Gasteiger partial charge in [-0.05, 0) is 25.0 Å². The van der Waals surface area contributed by atoms with E-state index in [0.29, 0.717) is 25.9 Å². The van der Waals surface area contributed by atoms with Gasteiger partial charge in [-0.3, -0.25) is 4.79 Å². The zero-order chi connectivity index (χ0) is 14.8. The van der Waals surface area contributed by atoms with Crippen molar-refractivity contribution in [1.29, 1.82) is 0 Å². The molecular weight excluding hydrogens is 280 g/mol. The van der Waals surface area contributed by atoms with Gasteiger partial charge < -0.3 is 10.4 Å². The number of piperidine rings is 1. The molecule has 0 spiro atoms. The Bertz CT molecular complexity index is 592. The van der Waals surface area contributed by atoms with Crippen LogP contribution in [0.4, 0.5) is 0 Å². The van der Waals surface area contributed by atoms with Crippen molar-refractivity contribution < 1.29 is 18.3 Å². The molecule has 1 aliphatic heterocycles. The first kappa shape index (κ1) is 14.8. The summed E-state index contributed by atoms with van der Waals surface area (Å²) in [5.41, 5.74) is 0. The van der Waals surface area contributed by atoms with E-state index >= 15 is 0 Å². The van der Waals surface area contributed by atoms with Crippen LogP contribution in [-0.2, 0) is 14.8 Å². The largest absolute Gasteiger partial charge is 0.507 e. The summed E-state index contributed by atoms with van der Waals surface area (Å²) in [6, 6.07) is 5.93. The number of carbonyl (C=O) groups excluding carboxylic acids is 1. The minimum absolute atomic E-state index is 0.0170. The normalized spacial score (nSPS) is 17.9. The smallest absolute Gasteiger partial charge is 0.246 e. The highest BCUT2D eigenvalue weighted by molar-refractivity contribution is 7.89. The Kier molecular flexibility index (Phi) is 4.29. The number of nitrogens with one attached hydrogen (secondary N) is 1. The number of rotatable bonds is 3. The van der Waals surface area contributed by atoms with Crippen LogP contribution >= 0.6 is 0 Å². The summed E-state index contributed by atoms with van der Waals surface area (Å²) in [5.74, 6) is -0.344. The summed E-state index contributed by atoms with van der Waals surface area (Å²) in [6.07, 6.45) is 1.15. The quantitative estimate of drug-likeness (QED) is 0.859. The van der Waals surface area contributed by atoms with Gasteiger partial charge in [0.25, 0.3) is 0 Å². The summed E-state index contributed by atoms with van der Waals surface area (Å²) in [6.45, 7) is 2.12. The molecule has 1 heterocycles. The maximum absolute atomic E-state index is 12.4. The second-order valence-electron chi connectivity index (χ2n) is 4.85. The molecule has 110 valence electrons. The van der Waals surface area contributed by atoms with Crippen LogP contribution in [0.5, 0.6) is 5.75 Å². The van der Waals surface area contributed by atoms with E-state index in [4.69, 9.17) is 0 Å². The van der Waals surface area contributed by atoms with Gasteiger partial charge in [0.2, 0.25) is 15.9 Å². The van der Waals surface area contributed by atoms with Crippen molar-refractivity contribution in [2.75, 3.05) is 13.1 Å². The summed E-state index contributed by atoms with van der Waals surface area (Å²) in [7, 11) is -3.67. The number of nitrogens with zero attached hydrogens (tertiary/aromatic N) is 1. The van der Waals surface area contributed by atoms with Gasteiger partial charge in [-0.2, -0.15) is 4.31 Å². The first-order valence-electron chi connectivity index (χ1n) is 6.46. The summed E-state index contributed by atoms with van der Waals surface area (Å²) in [5, 5.41) is 12.5. The van der Waals surface area contributed by atoms with Crippen LogP contribution in [0, 0.1) is 0 Å². The minimum atomic E-state index is -3.67. The first-order valence-corrected chi connectivity index (χ1v) is 7.90. The van der Waals surface area contributed by atoms with Crippen LogP contribution in [0.2, 0.25) is 0 Å². The SMILES string of the molecule is CC(=O)NC1CCN(S(=O)(=O)c2ccccc2O)CC1. The molecule has 1 saturated heterocycles. The van der Waals surface area contributed by atoms with E-state index in [1.54, 1.807) is 12.1 Å². The lowest BCUT2D eigenvalue weighted by Crippen LogP contribution is -2.46. The Labute approximate surface area is 118 Å². The summed E-state index contributed by atoms with van der Waals surface area (Å²) < 4.78 is 26.2. The van der Waals surface area contributed by atoms with Crippen molar-refractivity contribution in [2.45, 2.75) is 30.7 Å². The lowest BCUT2D eigenvalue weighted by molar-refractivity contribution is -0.119. The molecule has 0 aliphatic carbocycles. The highest BCUT2D eigenvalue weighted by atomic mass is 32.2. The van der Waals surface area contributed by atoms with Crippen molar-refractivity contribution >= 4 is 15.9 Å². The lowest BCUT2D eigenvalue weighted by atomic mass is 10.1. The van der Waals surface area contributed by atoms with Crippen molar-refractivity contribution in [3.8, 4) is 5.75 Å². The maximum Gasteiger partial charge on any atom is 0.246 e. The number of carbonyl (C=O) groups is 1. The van der Waals surface area contributed by atoms with E-state index in [1.807, 2.05) is 0 Å². The van der Waals surface area contributed by atoms with E-state index in [2.05, 4.69) is 5.32 Å². The fourth-order valence-electron chi connectivity index (χ4n) is 2.34. The van der Waals surface area contributed by atoms with Gasteiger partial charge in [-0.25, -0.2) is 8.42 Å². The molecule has 1 fully saturated rings. The second-order valence-corrected chi connectivity index (χ2v) is 6.75. The average molecular weight is 298 g/mol. The van der Waals surface area contributed by atoms with Crippen LogP contribution in [-0.4, -0.2) is 42.9 Å². The van der Waals surface area contributed by atoms with Crippen molar-refractivity contribution in [3.63, 3.8) is 0 Å². The fourth-order valence-corrected chi connectivity index (χ4v) is 3.89. The fraction of sp³-hybridized carbons (Fsp3) is 0.462. The number of phenols is 1. The number of sulfonamides is 1. The van der Waals surface area contributed by atoms with Crippen LogP contribution in [0.1, 0.15) is 19.8 Å². The molecule has 0 atom stereocenters. The minimum Gasteiger partial charge on any atom is -0.507 e. The number of hydrogen-bond donors (Lipinski definition) is 2. The maximum atomic E-state index is 12.4. The molecule has 2 N–H and O–H groups in total. The van der Waals surface area contributed by atoms with Gasteiger partial charge >= 0.3 is 0 Å². The first-order chi connectivity index (χ1) is 9.41. The van der Waals surface area contributed by atoms with Crippen LogP contribution in [0.25, 0.3) is 0 Å². The highest BCUT2D eigenvalue weighted by Crippen LogP contribution is 2.27. The number of benzene rings is 1. The van der Waals surface area contributed by atoms with Gasteiger partial charge in [-0.15, -0.1) is 0 Å². The standard InChI is InChI=1S/C13H18N2O4S/c1-10(16)14-11-6-8-15(9-7-11)20(18,19)13-5-3-2-4-12(13)17/h2-5,11,17H,6-9H2,1H3,(H,14,16). The number of amides is 1. The molecule has 0 aromatic heterocycles. The molecule has 1 aromatic rings. The van der Waals surface area contributed by atoms with Gasteiger partial charge in [-0.1, -0.05) is 12.1 Å².